The minimum atomic E-state index is -0.172. The van der Waals surface area contributed by atoms with Crippen molar-refractivity contribution in [2.45, 2.75) is 13.5 Å². The van der Waals surface area contributed by atoms with E-state index in [0.29, 0.717) is 12.2 Å². The van der Waals surface area contributed by atoms with Crippen molar-refractivity contribution in [1.82, 2.24) is 20.1 Å². The van der Waals surface area contributed by atoms with Gasteiger partial charge in [0, 0.05) is 18.9 Å². The number of hydrogen-bond donors (Lipinski definition) is 1. The largest absolute Gasteiger partial charge is 0.347 e. The summed E-state index contributed by atoms with van der Waals surface area (Å²) in [5.41, 5.74) is 4.26. The highest BCUT2D eigenvalue weighted by molar-refractivity contribution is 7.13. The van der Waals surface area contributed by atoms with E-state index in [9.17, 15) is 4.79 Å². The summed E-state index contributed by atoms with van der Waals surface area (Å²) in [4.78, 5) is 18.0. The Morgan fingerprint density at radius 3 is 2.70 bits per heavy atom. The molecule has 0 saturated carbocycles. The van der Waals surface area contributed by atoms with Crippen molar-refractivity contribution in [2.75, 3.05) is 0 Å². The Labute approximate surface area is 161 Å². The van der Waals surface area contributed by atoms with E-state index in [2.05, 4.69) is 15.4 Å². The average molecular weight is 374 g/mol. The van der Waals surface area contributed by atoms with Gasteiger partial charge in [-0.3, -0.25) is 9.78 Å². The van der Waals surface area contributed by atoms with Gasteiger partial charge in [0.2, 0.25) is 0 Å². The summed E-state index contributed by atoms with van der Waals surface area (Å²) in [5, 5.41) is 9.64. The number of rotatable bonds is 5. The molecule has 1 amide bonds. The number of carbonyl (C=O) groups is 1. The smallest absolute Gasteiger partial charge is 0.270 e. The Balaban J connectivity index is 1.67. The number of pyridine rings is 1. The Hall–Kier alpha value is -3.25. The molecule has 0 aliphatic carbocycles. The first-order valence-electron chi connectivity index (χ1n) is 8.59. The van der Waals surface area contributed by atoms with Gasteiger partial charge in [-0.2, -0.15) is 5.10 Å². The van der Waals surface area contributed by atoms with E-state index in [1.165, 1.54) is 0 Å². The van der Waals surface area contributed by atoms with Gasteiger partial charge in [0.1, 0.15) is 11.4 Å². The second kappa shape index (κ2) is 7.55. The zero-order valence-electron chi connectivity index (χ0n) is 14.8. The van der Waals surface area contributed by atoms with Crippen LogP contribution >= 0.6 is 11.3 Å². The lowest BCUT2D eigenvalue weighted by atomic mass is 10.2. The fraction of sp³-hybridized carbons (Fsp3) is 0.0952. The molecule has 0 spiro atoms. The molecular formula is C21H18N4OS. The van der Waals surface area contributed by atoms with Crippen molar-refractivity contribution in [3.63, 3.8) is 0 Å². The van der Waals surface area contributed by atoms with Crippen LogP contribution in [0.3, 0.4) is 0 Å². The molecule has 6 heteroatoms. The van der Waals surface area contributed by atoms with Crippen LogP contribution in [0.1, 0.15) is 21.6 Å². The Morgan fingerprint density at radius 1 is 1.15 bits per heavy atom. The van der Waals surface area contributed by atoms with Gasteiger partial charge < -0.3 is 5.32 Å². The second-order valence-corrected chi connectivity index (χ2v) is 7.13. The van der Waals surface area contributed by atoms with Crippen LogP contribution < -0.4 is 5.32 Å². The van der Waals surface area contributed by atoms with E-state index in [1.807, 2.05) is 66.9 Å². The maximum absolute atomic E-state index is 12.9. The van der Waals surface area contributed by atoms with E-state index in [4.69, 9.17) is 0 Å². The third-order valence-electron chi connectivity index (χ3n) is 4.17. The van der Waals surface area contributed by atoms with Crippen molar-refractivity contribution < 1.29 is 4.79 Å². The summed E-state index contributed by atoms with van der Waals surface area (Å²) < 4.78 is 1.70. The fourth-order valence-electron chi connectivity index (χ4n) is 2.75. The van der Waals surface area contributed by atoms with Crippen molar-refractivity contribution >= 4 is 17.2 Å². The lowest BCUT2D eigenvalue weighted by Gasteiger charge is -2.08. The second-order valence-electron chi connectivity index (χ2n) is 6.18. The molecule has 4 aromatic rings. The molecule has 0 unspecified atom stereocenters. The number of carbonyl (C=O) groups excluding carboxylic acids is 1. The first-order chi connectivity index (χ1) is 13.2. The molecule has 134 valence electrons. The monoisotopic (exact) mass is 374 g/mol. The molecule has 4 rings (SSSR count). The molecule has 3 heterocycles. The normalized spacial score (nSPS) is 10.7. The number of hydrogen-bond acceptors (Lipinski definition) is 4. The quantitative estimate of drug-likeness (QED) is 0.569. The zero-order valence-corrected chi connectivity index (χ0v) is 15.6. The summed E-state index contributed by atoms with van der Waals surface area (Å²) in [5.74, 6) is -0.172. The molecule has 0 saturated heterocycles. The van der Waals surface area contributed by atoms with E-state index in [-0.39, 0.29) is 5.91 Å². The van der Waals surface area contributed by atoms with Crippen molar-refractivity contribution in [3.05, 3.63) is 89.2 Å². The molecule has 0 bridgehead atoms. The number of aromatic nitrogens is 3. The molecule has 3 aromatic heterocycles. The molecule has 5 nitrogen and oxygen atoms in total. The topological polar surface area (TPSA) is 59.8 Å². The molecule has 0 fully saturated rings. The summed E-state index contributed by atoms with van der Waals surface area (Å²) >= 11 is 1.60. The highest BCUT2D eigenvalue weighted by Crippen LogP contribution is 2.26. The third-order valence-corrected chi connectivity index (χ3v) is 5.06. The predicted octanol–water partition coefficient (Wildman–Crippen LogP) is 4.23. The van der Waals surface area contributed by atoms with E-state index < -0.39 is 0 Å². The van der Waals surface area contributed by atoms with Gasteiger partial charge in [0.25, 0.3) is 5.91 Å². The Kier molecular flexibility index (Phi) is 4.80. The number of amides is 1. The lowest BCUT2D eigenvalue weighted by Crippen LogP contribution is -2.25. The minimum Gasteiger partial charge on any atom is -0.347 e. The summed E-state index contributed by atoms with van der Waals surface area (Å²) in [6.07, 6.45) is 3.46. The van der Waals surface area contributed by atoms with E-state index >= 15 is 0 Å². The van der Waals surface area contributed by atoms with Crippen molar-refractivity contribution in [2.24, 2.45) is 0 Å². The van der Waals surface area contributed by atoms with Gasteiger partial charge in [-0.1, -0.05) is 29.8 Å². The number of benzene rings is 1. The molecular weight excluding hydrogens is 356 g/mol. The van der Waals surface area contributed by atoms with Gasteiger partial charge >= 0.3 is 0 Å². The molecule has 27 heavy (non-hydrogen) atoms. The standard InChI is InChI=1S/C21H18N4OS/c1-15-6-8-17(9-7-15)25-19(12-18(24-25)20-5-3-11-27-20)21(26)23-14-16-4-2-10-22-13-16/h2-13H,14H2,1H3,(H,23,26). The molecule has 0 aliphatic rings. The van der Waals surface area contributed by atoms with E-state index in [1.54, 1.807) is 28.4 Å². The van der Waals surface area contributed by atoms with Crippen LogP contribution in [0.4, 0.5) is 0 Å². The van der Waals surface area contributed by atoms with Crippen LogP contribution in [0.15, 0.2) is 72.4 Å². The maximum atomic E-state index is 12.9. The van der Waals surface area contributed by atoms with Crippen molar-refractivity contribution in [3.8, 4) is 16.3 Å². The van der Waals surface area contributed by atoms with Gasteiger partial charge in [-0.05, 0) is 48.2 Å². The number of nitrogens with zero attached hydrogens (tertiary/aromatic N) is 3. The predicted molar refractivity (Wildman–Crippen MR) is 107 cm³/mol. The Morgan fingerprint density at radius 2 is 2.00 bits per heavy atom. The van der Waals surface area contributed by atoms with Crippen LogP contribution in [0.5, 0.6) is 0 Å². The van der Waals surface area contributed by atoms with E-state index in [0.717, 1.165) is 27.4 Å². The average Bonchev–Trinajstić information content (AvgIpc) is 3.37. The van der Waals surface area contributed by atoms with Crippen LogP contribution in [-0.4, -0.2) is 20.7 Å². The lowest BCUT2D eigenvalue weighted by molar-refractivity contribution is 0.0943. The first kappa shape index (κ1) is 17.2. The number of nitrogens with one attached hydrogen (secondary N) is 1. The third kappa shape index (κ3) is 3.80. The molecule has 1 aromatic carbocycles. The molecule has 0 radical (unpaired) electrons. The summed E-state index contributed by atoms with van der Waals surface area (Å²) in [6.45, 7) is 2.45. The number of aryl methyl sites for hydroxylation is 1. The molecule has 0 aliphatic heterocycles. The fourth-order valence-corrected chi connectivity index (χ4v) is 3.43. The molecule has 1 N–H and O–H groups in total. The van der Waals surface area contributed by atoms with Gasteiger partial charge in [0.15, 0.2) is 0 Å². The van der Waals surface area contributed by atoms with Gasteiger partial charge in [-0.15, -0.1) is 11.3 Å². The summed E-state index contributed by atoms with van der Waals surface area (Å²) in [6, 6.07) is 17.6. The van der Waals surface area contributed by atoms with Crippen LogP contribution in [-0.2, 0) is 6.54 Å². The number of thiophene rings is 1. The van der Waals surface area contributed by atoms with Gasteiger partial charge in [-0.25, -0.2) is 4.68 Å². The molecule has 0 atom stereocenters. The van der Waals surface area contributed by atoms with Crippen molar-refractivity contribution in [1.29, 1.82) is 0 Å². The minimum absolute atomic E-state index is 0.172. The van der Waals surface area contributed by atoms with Crippen LogP contribution in [0.25, 0.3) is 16.3 Å². The highest BCUT2D eigenvalue weighted by atomic mass is 32.1. The summed E-state index contributed by atoms with van der Waals surface area (Å²) in [7, 11) is 0. The highest BCUT2D eigenvalue weighted by Gasteiger charge is 2.18. The SMILES string of the molecule is Cc1ccc(-n2nc(-c3cccs3)cc2C(=O)NCc2cccnc2)cc1. The van der Waals surface area contributed by atoms with Crippen LogP contribution in [0, 0.1) is 6.92 Å². The maximum Gasteiger partial charge on any atom is 0.270 e. The van der Waals surface area contributed by atoms with Gasteiger partial charge in [0.05, 0.1) is 10.6 Å². The van der Waals surface area contributed by atoms with Crippen LogP contribution in [0.2, 0.25) is 0 Å². The first-order valence-corrected chi connectivity index (χ1v) is 9.47. The zero-order chi connectivity index (χ0) is 18.6. The Bertz CT molecular complexity index is 1040.